The van der Waals surface area contributed by atoms with Crippen molar-refractivity contribution in [2.45, 2.75) is 18.0 Å². The Morgan fingerprint density at radius 1 is 1.08 bits per heavy atom. The second-order valence-corrected chi connectivity index (χ2v) is 6.90. The Balaban J connectivity index is 1.81. The van der Waals surface area contributed by atoms with Gasteiger partial charge in [-0.2, -0.15) is 0 Å². The molecule has 7 heteroatoms. The van der Waals surface area contributed by atoms with E-state index in [-0.39, 0.29) is 6.03 Å². The lowest BCUT2D eigenvalue weighted by atomic mass is 10.2. The monoisotopic (exact) mass is 346 g/mol. The van der Waals surface area contributed by atoms with Crippen LogP contribution < -0.4 is 15.5 Å². The number of amides is 2. The summed E-state index contributed by atoms with van der Waals surface area (Å²) in [4.78, 5) is 19.0. The van der Waals surface area contributed by atoms with Crippen molar-refractivity contribution in [1.29, 1.82) is 0 Å². The molecule has 2 N–H and O–H groups in total. The van der Waals surface area contributed by atoms with E-state index in [4.69, 9.17) is 0 Å². The van der Waals surface area contributed by atoms with Gasteiger partial charge in [0.25, 0.3) is 0 Å². The third-order valence-electron chi connectivity index (χ3n) is 3.39. The fraction of sp³-hybridized carbons (Fsp3) is 0.294. The minimum absolute atomic E-state index is 0.254. The Bertz CT molecular complexity index is 717. The predicted molar refractivity (Wildman–Crippen MR) is 96.4 cm³/mol. The molecule has 0 saturated carbocycles. The first kappa shape index (κ1) is 17.9. The molecule has 0 aliphatic rings. The van der Waals surface area contributed by atoms with E-state index in [0.29, 0.717) is 13.1 Å². The molecule has 0 bridgehead atoms. The summed E-state index contributed by atoms with van der Waals surface area (Å²) in [6.07, 6.45) is 1.64. The highest BCUT2D eigenvalue weighted by Gasteiger charge is 2.04. The van der Waals surface area contributed by atoms with Crippen molar-refractivity contribution in [2.75, 3.05) is 25.3 Å². The molecule has 2 rings (SSSR count). The summed E-state index contributed by atoms with van der Waals surface area (Å²) in [5, 5.41) is 5.58. The Hall–Kier alpha value is -2.41. The van der Waals surface area contributed by atoms with E-state index in [1.54, 1.807) is 6.26 Å². The SMILES string of the molecule is CN(C)c1cccc(CNC(=O)NCc2ccc([S@](C)=O)cc2)n1. The fourth-order valence-corrected chi connectivity index (χ4v) is 2.55. The van der Waals surface area contributed by atoms with E-state index in [1.165, 1.54) is 0 Å². The van der Waals surface area contributed by atoms with Crippen molar-refractivity contribution in [1.82, 2.24) is 15.6 Å². The molecule has 0 fully saturated rings. The third-order valence-corrected chi connectivity index (χ3v) is 4.32. The van der Waals surface area contributed by atoms with Crippen molar-refractivity contribution in [3.63, 3.8) is 0 Å². The third kappa shape index (κ3) is 5.34. The van der Waals surface area contributed by atoms with Crippen LogP contribution in [0.15, 0.2) is 47.4 Å². The van der Waals surface area contributed by atoms with E-state index in [2.05, 4.69) is 15.6 Å². The molecule has 1 aromatic carbocycles. The lowest BCUT2D eigenvalue weighted by Crippen LogP contribution is -2.34. The van der Waals surface area contributed by atoms with Crippen LogP contribution >= 0.6 is 0 Å². The van der Waals surface area contributed by atoms with Crippen molar-refractivity contribution < 1.29 is 9.00 Å². The number of pyridine rings is 1. The van der Waals surface area contributed by atoms with Gasteiger partial charge in [-0.3, -0.25) is 4.21 Å². The van der Waals surface area contributed by atoms with Crippen LogP contribution in [-0.2, 0) is 23.9 Å². The van der Waals surface area contributed by atoms with Gasteiger partial charge in [0.2, 0.25) is 0 Å². The van der Waals surface area contributed by atoms with Crippen LogP contribution in [0.5, 0.6) is 0 Å². The Labute approximate surface area is 144 Å². The molecule has 0 saturated heterocycles. The molecule has 0 aliphatic carbocycles. The first-order chi connectivity index (χ1) is 11.5. The van der Waals surface area contributed by atoms with Gasteiger partial charge in [0.05, 0.1) is 12.2 Å². The van der Waals surface area contributed by atoms with Crippen LogP contribution in [0.3, 0.4) is 0 Å². The largest absolute Gasteiger partial charge is 0.363 e. The Morgan fingerprint density at radius 2 is 1.75 bits per heavy atom. The molecule has 1 heterocycles. The van der Waals surface area contributed by atoms with Crippen LogP contribution in [0.4, 0.5) is 10.6 Å². The van der Waals surface area contributed by atoms with Gasteiger partial charge in [0, 0.05) is 42.6 Å². The van der Waals surface area contributed by atoms with Crippen LogP contribution in [0, 0.1) is 0 Å². The van der Waals surface area contributed by atoms with Crippen molar-refractivity contribution in [3.8, 4) is 0 Å². The molecule has 6 nitrogen and oxygen atoms in total. The first-order valence-electron chi connectivity index (χ1n) is 7.53. The molecule has 0 aliphatic heterocycles. The van der Waals surface area contributed by atoms with Gasteiger partial charge in [-0.15, -0.1) is 0 Å². The van der Waals surface area contributed by atoms with E-state index in [9.17, 15) is 9.00 Å². The van der Waals surface area contributed by atoms with Crippen LogP contribution in [0.2, 0.25) is 0 Å². The predicted octanol–water partition coefficient (Wildman–Crippen LogP) is 1.88. The molecule has 2 aromatic rings. The molecule has 0 spiro atoms. The number of hydrogen-bond acceptors (Lipinski definition) is 4. The molecule has 1 atom stereocenters. The molecular weight excluding hydrogens is 324 g/mol. The fourth-order valence-electron chi connectivity index (χ4n) is 2.03. The number of anilines is 1. The number of carbonyl (C=O) groups excluding carboxylic acids is 1. The van der Waals surface area contributed by atoms with Crippen LogP contribution in [-0.4, -0.2) is 35.6 Å². The summed E-state index contributed by atoms with van der Waals surface area (Å²) in [7, 11) is 2.85. The number of nitrogens with one attached hydrogen (secondary N) is 2. The van der Waals surface area contributed by atoms with E-state index in [0.717, 1.165) is 22.0 Å². The number of nitrogens with zero attached hydrogens (tertiary/aromatic N) is 2. The van der Waals surface area contributed by atoms with Crippen molar-refractivity contribution >= 4 is 22.6 Å². The van der Waals surface area contributed by atoms with Gasteiger partial charge in [0.1, 0.15) is 5.82 Å². The minimum atomic E-state index is -0.990. The number of carbonyl (C=O) groups is 1. The molecule has 24 heavy (non-hydrogen) atoms. The summed E-state index contributed by atoms with van der Waals surface area (Å²) < 4.78 is 11.3. The van der Waals surface area contributed by atoms with Crippen LogP contribution in [0.25, 0.3) is 0 Å². The van der Waals surface area contributed by atoms with E-state index < -0.39 is 10.8 Å². The van der Waals surface area contributed by atoms with E-state index >= 15 is 0 Å². The highest BCUT2D eigenvalue weighted by molar-refractivity contribution is 7.84. The van der Waals surface area contributed by atoms with Gasteiger partial charge in [0.15, 0.2) is 0 Å². The maximum Gasteiger partial charge on any atom is 0.315 e. The first-order valence-corrected chi connectivity index (χ1v) is 9.09. The topological polar surface area (TPSA) is 74.3 Å². The molecule has 0 unspecified atom stereocenters. The second kappa shape index (κ2) is 8.44. The zero-order chi connectivity index (χ0) is 17.5. The second-order valence-electron chi connectivity index (χ2n) is 5.52. The number of aromatic nitrogens is 1. The molecule has 2 amide bonds. The van der Waals surface area contributed by atoms with Gasteiger partial charge >= 0.3 is 6.03 Å². The number of benzene rings is 1. The van der Waals surface area contributed by atoms with Gasteiger partial charge in [-0.05, 0) is 29.8 Å². The molecule has 0 radical (unpaired) electrons. The normalized spacial score (nSPS) is 11.6. The quantitative estimate of drug-likeness (QED) is 0.838. The van der Waals surface area contributed by atoms with Crippen LogP contribution in [0.1, 0.15) is 11.3 Å². The number of rotatable bonds is 6. The smallest absolute Gasteiger partial charge is 0.315 e. The highest BCUT2D eigenvalue weighted by atomic mass is 32.2. The Kier molecular flexibility index (Phi) is 6.31. The summed E-state index contributed by atoms with van der Waals surface area (Å²) in [6.45, 7) is 0.773. The van der Waals surface area contributed by atoms with E-state index in [1.807, 2.05) is 61.5 Å². The molecular formula is C17H22N4O2S. The number of urea groups is 1. The zero-order valence-corrected chi connectivity index (χ0v) is 14.9. The lowest BCUT2D eigenvalue weighted by Gasteiger charge is -2.13. The summed E-state index contributed by atoms with van der Waals surface area (Å²) >= 11 is 0. The summed E-state index contributed by atoms with van der Waals surface area (Å²) in [5.74, 6) is 0.850. The van der Waals surface area contributed by atoms with Gasteiger partial charge in [-0.1, -0.05) is 18.2 Å². The maximum absolute atomic E-state index is 11.9. The summed E-state index contributed by atoms with van der Waals surface area (Å²) in [5.41, 5.74) is 1.75. The standard InChI is InChI=1S/C17H22N4O2S/c1-21(2)16-6-4-5-14(20-16)12-19-17(22)18-11-13-7-9-15(10-8-13)24(3)23/h4-10H,11-12H2,1-3H3,(H2,18,19,22)/t24-/m0/s1. The van der Waals surface area contributed by atoms with Gasteiger partial charge < -0.3 is 15.5 Å². The summed E-state index contributed by atoms with van der Waals surface area (Å²) in [6, 6.07) is 12.8. The number of hydrogen-bond donors (Lipinski definition) is 2. The average Bonchev–Trinajstić information content (AvgIpc) is 2.58. The van der Waals surface area contributed by atoms with Crippen molar-refractivity contribution in [3.05, 3.63) is 53.7 Å². The average molecular weight is 346 g/mol. The molecule has 1 aromatic heterocycles. The van der Waals surface area contributed by atoms with Crippen molar-refractivity contribution in [2.24, 2.45) is 0 Å². The van der Waals surface area contributed by atoms with Gasteiger partial charge in [-0.25, -0.2) is 9.78 Å². The Morgan fingerprint density at radius 3 is 2.38 bits per heavy atom. The molecule has 128 valence electrons. The highest BCUT2D eigenvalue weighted by Crippen LogP contribution is 2.08. The maximum atomic E-state index is 11.9. The minimum Gasteiger partial charge on any atom is -0.363 e. The lowest BCUT2D eigenvalue weighted by molar-refractivity contribution is 0.240. The zero-order valence-electron chi connectivity index (χ0n) is 14.1.